The highest BCUT2D eigenvalue weighted by atomic mass is 16.5. The number of hydrogen-bond donors (Lipinski definition) is 1. The van der Waals surface area contributed by atoms with Crippen LogP contribution < -0.4 is 14.8 Å². The molecular weight excluding hydrogens is 430 g/mol. The van der Waals surface area contributed by atoms with Crippen LogP contribution in [0.2, 0.25) is 0 Å². The van der Waals surface area contributed by atoms with Crippen LogP contribution in [0.15, 0.2) is 58.6 Å². The van der Waals surface area contributed by atoms with E-state index in [9.17, 15) is 4.79 Å². The number of carbonyl (C=O) groups excluding carboxylic acids is 1. The van der Waals surface area contributed by atoms with Crippen molar-refractivity contribution in [2.24, 2.45) is 0 Å². The van der Waals surface area contributed by atoms with Crippen molar-refractivity contribution >= 4 is 18.0 Å². The summed E-state index contributed by atoms with van der Waals surface area (Å²) in [5, 5.41) is 6.71. The maximum atomic E-state index is 12.6. The quantitative estimate of drug-likeness (QED) is 0.493. The predicted octanol–water partition coefficient (Wildman–Crippen LogP) is 5.63. The number of benzene rings is 2. The average molecular weight is 462 g/mol. The number of methoxy groups -OCH3 is 1. The first-order chi connectivity index (χ1) is 16.5. The second-order valence-electron chi connectivity index (χ2n) is 8.46. The number of nitrogens with one attached hydrogen (secondary N) is 1. The maximum absolute atomic E-state index is 12.6. The van der Waals surface area contributed by atoms with Gasteiger partial charge in [0, 0.05) is 25.1 Å². The van der Waals surface area contributed by atoms with Crippen molar-refractivity contribution in [3.05, 3.63) is 76.5 Å². The molecule has 4 rings (SSSR count). The van der Waals surface area contributed by atoms with Gasteiger partial charge in [-0.25, -0.2) is 4.79 Å². The van der Waals surface area contributed by atoms with Gasteiger partial charge in [-0.15, -0.1) is 0 Å². The van der Waals surface area contributed by atoms with Crippen LogP contribution in [0.1, 0.15) is 35.2 Å². The highest BCUT2D eigenvalue weighted by Crippen LogP contribution is 2.24. The highest BCUT2D eigenvalue weighted by Gasteiger charge is 2.21. The fourth-order valence-electron chi connectivity index (χ4n) is 3.89. The molecule has 2 heterocycles. The number of ether oxygens (including phenoxy) is 2. The molecule has 7 heteroatoms. The number of urea groups is 1. The third-order valence-corrected chi connectivity index (χ3v) is 6.09. The van der Waals surface area contributed by atoms with Gasteiger partial charge in [0.2, 0.25) is 5.88 Å². The van der Waals surface area contributed by atoms with E-state index in [2.05, 4.69) is 34.7 Å². The van der Waals surface area contributed by atoms with Gasteiger partial charge in [0.25, 0.3) is 0 Å². The molecule has 1 aliphatic rings. The van der Waals surface area contributed by atoms with Gasteiger partial charge in [0.05, 0.1) is 19.4 Å². The first kappa shape index (κ1) is 23.4. The zero-order valence-corrected chi connectivity index (χ0v) is 20.0. The Balaban J connectivity index is 1.28. The summed E-state index contributed by atoms with van der Waals surface area (Å²) in [7, 11) is 1.68. The lowest BCUT2D eigenvalue weighted by molar-refractivity contribution is 0.207. The summed E-state index contributed by atoms with van der Waals surface area (Å²) < 4.78 is 16.5. The van der Waals surface area contributed by atoms with E-state index in [1.54, 1.807) is 7.11 Å². The number of carbonyl (C=O) groups is 1. The summed E-state index contributed by atoms with van der Waals surface area (Å²) >= 11 is 0. The van der Waals surface area contributed by atoms with Crippen molar-refractivity contribution < 1.29 is 18.8 Å². The number of aromatic nitrogens is 1. The Morgan fingerprint density at radius 1 is 1.12 bits per heavy atom. The summed E-state index contributed by atoms with van der Waals surface area (Å²) in [5.74, 6) is 2.14. The van der Waals surface area contributed by atoms with Crippen LogP contribution in [0.3, 0.4) is 0 Å². The fourth-order valence-corrected chi connectivity index (χ4v) is 3.89. The lowest BCUT2D eigenvalue weighted by atomic mass is 10.0. The van der Waals surface area contributed by atoms with E-state index in [1.165, 1.54) is 11.1 Å². The molecule has 3 aromatic rings. The second-order valence-corrected chi connectivity index (χ2v) is 8.46. The van der Waals surface area contributed by atoms with Crippen molar-refractivity contribution in [2.45, 2.75) is 33.1 Å². The van der Waals surface area contributed by atoms with E-state index in [4.69, 9.17) is 14.0 Å². The Morgan fingerprint density at radius 3 is 2.62 bits per heavy atom. The van der Waals surface area contributed by atoms with E-state index < -0.39 is 0 Å². The van der Waals surface area contributed by atoms with Gasteiger partial charge in [-0.3, -0.25) is 5.32 Å². The van der Waals surface area contributed by atoms with Gasteiger partial charge in [0.1, 0.15) is 11.5 Å². The van der Waals surface area contributed by atoms with Crippen LogP contribution in [-0.2, 0) is 6.42 Å². The van der Waals surface area contributed by atoms with E-state index in [1.807, 2.05) is 49.1 Å². The molecule has 0 atom stereocenters. The third-order valence-electron chi connectivity index (χ3n) is 6.09. The van der Waals surface area contributed by atoms with Gasteiger partial charge in [0.15, 0.2) is 0 Å². The third kappa shape index (κ3) is 5.98. The second kappa shape index (κ2) is 10.9. The van der Waals surface area contributed by atoms with E-state index in [0.29, 0.717) is 25.6 Å². The number of piperidine rings is 1. The van der Waals surface area contributed by atoms with Crippen molar-refractivity contribution in [2.75, 3.05) is 32.1 Å². The van der Waals surface area contributed by atoms with Crippen LogP contribution in [0.4, 0.5) is 10.7 Å². The number of rotatable bonds is 7. The number of nitrogens with zero attached hydrogens (tertiary/aromatic N) is 2. The number of amides is 2. The molecule has 1 N–H and O–H groups in total. The van der Waals surface area contributed by atoms with E-state index in [-0.39, 0.29) is 6.03 Å². The highest BCUT2D eigenvalue weighted by molar-refractivity contribution is 5.88. The Kier molecular flexibility index (Phi) is 7.52. The Bertz CT molecular complexity index is 1160. The smallest absolute Gasteiger partial charge is 0.324 e. The van der Waals surface area contributed by atoms with Crippen LogP contribution in [0, 0.1) is 13.8 Å². The minimum atomic E-state index is -0.148. The van der Waals surface area contributed by atoms with Crippen LogP contribution in [-0.4, -0.2) is 42.9 Å². The molecule has 1 aromatic heterocycles. The molecule has 1 fully saturated rings. The molecule has 2 amide bonds. The molecule has 1 saturated heterocycles. The maximum Gasteiger partial charge on any atom is 0.324 e. The van der Waals surface area contributed by atoms with Crippen molar-refractivity contribution in [1.29, 1.82) is 0 Å². The lowest BCUT2D eigenvalue weighted by Gasteiger charge is -2.28. The van der Waals surface area contributed by atoms with Crippen LogP contribution in [0.5, 0.6) is 11.5 Å². The molecule has 0 bridgehead atoms. The predicted molar refractivity (Wildman–Crippen MR) is 132 cm³/mol. The Labute approximate surface area is 200 Å². The summed E-state index contributed by atoms with van der Waals surface area (Å²) in [5.41, 5.74) is 5.26. The average Bonchev–Trinajstić information content (AvgIpc) is 3.17. The SMILES string of the molecule is COc1cccc(CCOc2cccc(C=C3CCN(C(=O)Nc4onc(C)c4C)CC3)c2)c1. The van der Waals surface area contributed by atoms with E-state index in [0.717, 1.165) is 47.6 Å². The van der Waals surface area contributed by atoms with Gasteiger partial charge in [-0.1, -0.05) is 41.1 Å². The Hall–Kier alpha value is -3.74. The minimum Gasteiger partial charge on any atom is -0.497 e. The molecule has 178 valence electrons. The monoisotopic (exact) mass is 461 g/mol. The van der Waals surface area contributed by atoms with Crippen LogP contribution >= 0.6 is 0 Å². The molecule has 0 unspecified atom stereocenters. The summed E-state index contributed by atoms with van der Waals surface area (Å²) in [4.78, 5) is 14.4. The van der Waals surface area contributed by atoms with Crippen LogP contribution in [0.25, 0.3) is 6.08 Å². The topological polar surface area (TPSA) is 76.8 Å². The van der Waals surface area contributed by atoms with Crippen molar-refractivity contribution in [3.63, 3.8) is 0 Å². The first-order valence-corrected chi connectivity index (χ1v) is 11.6. The molecule has 0 aliphatic carbocycles. The lowest BCUT2D eigenvalue weighted by Crippen LogP contribution is -2.39. The first-order valence-electron chi connectivity index (χ1n) is 11.6. The molecule has 2 aromatic carbocycles. The van der Waals surface area contributed by atoms with Gasteiger partial charge >= 0.3 is 6.03 Å². The number of hydrogen-bond acceptors (Lipinski definition) is 5. The molecule has 0 radical (unpaired) electrons. The minimum absolute atomic E-state index is 0.148. The van der Waals surface area contributed by atoms with E-state index >= 15 is 0 Å². The molecule has 0 spiro atoms. The Morgan fingerprint density at radius 2 is 1.88 bits per heavy atom. The largest absolute Gasteiger partial charge is 0.497 e. The van der Waals surface area contributed by atoms with Gasteiger partial charge in [-0.2, -0.15) is 0 Å². The summed E-state index contributed by atoms with van der Waals surface area (Å²) in [6.07, 6.45) is 4.69. The molecular formula is C27H31N3O4. The van der Waals surface area contributed by atoms with Gasteiger partial charge < -0.3 is 18.9 Å². The molecule has 7 nitrogen and oxygen atoms in total. The summed E-state index contributed by atoms with van der Waals surface area (Å²) in [6, 6.07) is 16.0. The summed E-state index contributed by atoms with van der Waals surface area (Å²) in [6.45, 7) is 5.67. The number of likely N-dealkylation sites (tertiary alicyclic amines) is 1. The zero-order chi connectivity index (χ0) is 23.9. The van der Waals surface area contributed by atoms with Crippen molar-refractivity contribution in [3.8, 4) is 11.5 Å². The molecule has 34 heavy (non-hydrogen) atoms. The van der Waals surface area contributed by atoms with Gasteiger partial charge in [-0.05, 0) is 62.1 Å². The fraction of sp³-hybridized carbons (Fsp3) is 0.333. The normalized spacial score (nSPS) is 13.5. The molecule has 1 aliphatic heterocycles. The van der Waals surface area contributed by atoms with Crippen molar-refractivity contribution in [1.82, 2.24) is 10.1 Å². The standard InChI is InChI=1S/C27H31N3O4/c1-19-20(2)29-34-26(19)28-27(31)30-13-10-22(11-14-30)16-23-7-5-9-25(18-23)33-15-12-21-6-4-8-24(17-21)32-3/h4-9,16-18H,10-15H2,1-3H3,(H,28,31). The number of anilines is 1. The number of aryl methyl sites for hydroxylation is 1. The molecule has 0 saturated carbocycles. The zero-order valence-electron chi connectivity index (χ0n) is 20.0.